The molecule has 2 aliphatic heterocycles. The molecule has 4 N–H and O–H groups in total. The Morgan fingerprint density at radius 3 is 2.77 bits per heavy atom. The zero-order valence-electron chi connectivity index (χ0n) is 16.4. The molecule has 0 saturated carbocycles. The molecular formula is C19H22BrN7O4. The van der Waals surface area contributed by atoms with Crippen LogP contribution >= 0.6 is 15.9 Å². The molecule has 0 aromatic carbocycles. The van der Waals surface area contributed by atoms with Crippen molar-refractivity contribution in [2.45, 2.75) is 37.0 Å². The predicted octanol–water partition coefficient (Wildman–Crippen LogP) is 0.286. The Labute approximate surface area is 185 Å². The van der Waals surface area contributed by atoms with E-state index in [1.54, 1.807) is 10.8 Å². The van der Waals surface area contributed by atoms with Crippen LogP contribution < -0.4 is 10.2 Å². The first-order valence-corrected chi connectivity index (χ1v) is 10.8. The number of hydrogen-bond acceptors (Lipinski definition) is 10. The molecular weight excluding hydrogens is 470 g/mol. The van der Waals surface area contributed by atoms with Gasteiger partial charge in [0, 0.05) is 29.8 Å². The lowest BCUT2D eigenvalue weighted by molar-refractivity contribution is -0.0511. The summed E-state index contributed by atoms with van der Waals surface area (Å²) in [6.45, 7) is 1.25. The van der Waals surface area contributed by atoms with Crippen LogP contribution in [0.4, 0.5) is 11.6 Å². The lowest BCUT2D eigenvalue weighted by Crippen LogP contribution is -2.33. The minimum absolute atomic E-state index is 0.155. The minimum Gasteiger partial charge on any atom is -0.394 e. The summed E-state index contributed by atoms with van der Waals surface area (Å²) in [5, 5.41) is 33.2. The fraction of sp³-hybridized carbons (Fsp3) is 0.474. The van der Waals surface area contributed by atoms with Crippen molar-refractivity contribution in [3.8, 4) is 0 Å². The molecule has 11 nitrogen and oxygen atoms in total. The summed E-state index contributed by atoms with van der Waals surface area (Å²) in [5.41, 5.74) is 1.01. The van der Waals surface area contributed by atoms with E-state index < -0.39 is 31.1 Å². The van der Waals surface area contributed by atoms with Crippen molar-refractivity contribution in [1.82, 2.24) is 24.5 Å². The molecule has 2 saturated heterocycles. The van der Waals surface area contributed by atoms with E-state index in [-0.39, 0.29) is 6.04 Å². The predicted molar refractivity (Wildman–Crippen MR) is 115 cm³/mol. The van der Waals surface area contributed by atoms with Crippen molar-refractivity contribution in [2.75, 3.05) is 29.9 Å². The summed E-state index contributed by atoms with van der Waals surface area (Å²) in [5.74, 6) is 1.51. The van der Waals surface area contributed by atoms with Crippen LogP contribution in [0.3, 0.4) is 0 Å². The van der Waals surface area contributed by atoms with Gasteiger partial charge in [0.15, 0.2) is 23.2 Å². The van der Waals surface area contributed by atoms with Gasteiger partial charge in [0.05, 0.1) is 12.9 Å². The van der Waals surface area contributed by atoms with Crippen molar-refractivity contribution < 1.29 is 20.1 Å². The van der Waals surface area contributed by atoms with Gasteiger partial charge in [-0.25, -0.2) is 19.9 Å². The van der Waals surface area contributed by atoms with Crippen molar-refractivity contribution in [2.24, 2.45) is 0 Å². The Morgan fingerprint density at radius 2 is 2.03 bits per heavy atom. The van der Waals surface area contributed by atoms with Gasteiger partial charge in [-0.3, -0.25) is 4.57 Å². The number of rotatable bonds is 5. The highest BCUT2D eigenvalue weighted by Gasteiger charge is 2.44. The molecule has 5 rings (SSSR count). The van der Waals surface area contributed by atoms with E-state index in [4.69, 9.17) is 4.74 Å². The molecule has 5 atom stereocenters. The van der Waals surface area contributed by atoms with E-state index in [0.29, 0.717) is 17.0 Å². The van der Waals surface area contributed by atoms with Gasteiger partial charge in [0.25, 0.3) is 0 Å². The average Bonchev–Trinajstić information content (AvgIpc) is 3.48. The molecule has 0 amide bonds. The van der Waals surface area contributed by atoms with Gasteiger partial charge in [-0.05, 0) is 34.5 Å². The second kappa shape index (κ2) is 8.28. The molecule has 3 aromatic rings. The SMILES string of the molecule is OCC1OC(n2cnc3c(N[C@H]4CCN(c5ccc(Br)cn5)C4)ncnc32)C(O)C1O. The van der Waals surface area contributed by atoms with E-state index >= 15 is 0 Å². The average molecular weight is 492 g/mol. The zero-order chi connectivity index (χ0) is 21.5. The van der Waals surface area contributed by atoms with Gasteiger partial charge in [-0.2, -0.15) is 0 Å². The number of pyridine rings is 1. The third-order valence-corrected chi connectivity index (χ3v) is 6.18. The van der Waals surface area contributed by atoms with Crippen molar-refractivity contribution >= 4 is 38.7 Å². The number of nitrogens with zero attached hydrogens (tertiary/aromatic N) is 6. The lowest BCUT2D eigenvalue weighted by Gasteiger charge is -2.18. The lowest BCUT2D eigenvalue weighted by atomic mass is 10.1. The van der Waals surface area contributed by atoms with Gasteiger partial charge in [0.2, 0.25) is 0 Å². The maximum absolute atomic E-state index is 10.3. The van der Waals surface area contributed by atoms with Gasteiger partial charge < -0.3 is 30.3 Å². The maximum Gasteiger partial charge on any atom is 0.167 e. The summed E-state index contributed by atoms with van der Waals surface area (Å²) in [4.78, 5) is 19.7. The first-order chi connectivity index (χ1) is 15.0. The Hall–Kier alpha value is -2.38. The van der Waals surface area contributed by atoms with E-state index in [2.05, 4.69) is 46.1 Å². The highest BCUT2D eigenvalue weighted by atomic mass is 79.9. The Kier molecular flexibility index (Phi) is 5.48. The number of aromatic nitrogens is 5. The molecule has 0 bridgehead atoms. The summed E-state index contributed by atoms with van der Waals surface area (Å²) in [6.07, 6.45) is 1.46. The molecule has 31 heavy (non-hydrogen) atoms. The Bertz CT molecular complexity index is 1070. The van der Waals surface area contributed by atoms with Crippen LogP contribution in [0.2, 0.25) is 0 Å². The summed E-state index contributed by atoms with van der Waals surface area (Å²) in [7, 11) is 0. The van der Waals surface area contributed by atoms with Crippen LogP contribution in [0.25, 0.3) is 11.2 Å². The number of nitrogens with one attached hydrogen (secondary N) is 1. The highest BCUT2D eigenvalue weighted by molar-refractivity contribution is 9.10. The van der Waals surface area contributed by atoms with Crippen LogP contribution in [0.1, 0.15) is 12.6 Å². The van der Waals surface area contributed by atoms with Crippen LogP contribution in [-0.4, -0.2) is 83.9 Å². The summed E-state index contributed by atoms with van der Waals surface area (Å²) >= 11 is 3.41. The number of halogens is 1. The molecule has 2 fully saturated rings. The van der Waals surface area contributed by atoms with Gasteiger partial charge in [0.1, 0.15) is 30.5 Å². The third-order valence-electron chi connectivity index (χ3n) is 5.71. The molecule has 5 heterocycles. The van der Waals surface area contributed by atoms with E-state index in [1.165, 1.54) is 12.7 Å². The topological polar surface area (TPSA) is 142 Å². The van der Waals surface area contributed by atoms with E-state index in [9.17, 15) is 15.3 Å². The molecule has 12 heteroatoms. The van der Waals surface area contributed by atoms with Gasteiger partial charge in [-0.15, -0.1) is 0 Å². The van der Waals surface area contributed by atoms with Crippen molar-refractivity contribution in [3.05, 3.63) is 35.5 Å². The third kappa shape index (κ3) is 3.74. The first-order valence-electron chi connectivity index (χ1n) is 9.98. The van der Waals surface area contributed by atoms with Crippen molar-refractivity contribution in [3.63, 3.8) is 0 Å². The van der Waals surface area contributed by atoms with Gasteiger partial charge >= 0.3 is 0 Å². The molecule has 164 valence electrons. The first kappa shape index (κ1) is 20.5. The smallest absolute Gasteiger partial charge is 0.167 e. The number of fused-ring (bicyclic) bond motifs is 1. The Balaban J connectivity index is 1.34. The second-order valence-corrected chi connectivity index (χ2v) is 8.60. The van der Waals surface area contributed by atoms with Crippen LogP contribution in [0.5, 0.6) is 0 Å². The molecule has 0 radical (unpaired) electrons. The van der Waals surface area contributed by atoms with Crippen molar-refractivity contribution in [1.29, 1.82) is 0 Å². The molecule has 0 aliphatic carbocycles. The molecule has 0 spiro atoms. The standard InChI is InChI=1S/C19H22BrN7O4/c20-10-1-2-13(21-5-10)26-4-3-11(6-26)25-17-14-18(23-8-22-17)27(9-24-14)19-16(30)15(29)12(7-28)31-19/h1-2,5,8-9,11-12,15-16,19,28-30H,3-4,6-7H2,(H,22,23,25)/t11-,12?,15?,16?,19?/m0/s1. The Morgan fingerprint density at radius 1 is 1.16 bits per heavy atom. The number of anilines is 2. The van der Waals surface area contributed by atoms with Gasteiger partial charge in [-0.1, -0.05) is 0 Å². The molecule has 4 unspecified atom stereocenters. The molecule has 3 aromatic heterocycles. The van der Waals surface area contributed by atoms with E-state index in [0.717, 1.165) is 29.8 Å². The number of hydrogen-bond donors (Lipinski definition) is 4. The number of aliphatic hydroxyl groups is 3. The quantitative estimate of drug-likeness (QED) is 0.393. The maximum atomic E-state index is 10.3. The zero-order valence-corrected chi connectivity index (χ0v) is 18.0. The fourth-order valence-corrected chi connectivity index (χ4v) is 4.32. The summed E-state index contributed by atoms with van der Waals surface area (Å²) < 4.78 is 8.10. The van der Waals surface area contributed by atoms with Crippen LogP contribution in [-0.2, 0) is 4.74 Å². The second-order valence-electron chi connectivity index (χ2n) is 7.69. The monoisotopic (exact) mass is 491 g/mol. The van der Waals surface area contributed by atoms with Crippen LogP contribution in [0, 0.1) is 0 Å². The summed E-state index contributed by atoms with van der Waals surface area (Å²) in [6, 6.07) is 4.11. The minimum atomic E-state index is -1.21. The normalized spacial score (nSPS) is 28.5. The fourth-order valence-electron chi connectivity index (χ4n) is 4.09. The highest BCUT2D eigenvalue weighted by Crippen LogP contribution is 2.32. The number of imidazole rings is 1. The van der Waals surface area contributed by atoms with Crippen LogP contribution in [0.15, 0.2) is 35.5 Å². The number of ether oxygens (including phenoxy) is 1. The largest absolute Gasteiger partial charge is 0.394 e. The van der Waals surface area contributed by atoms with E-state index in [1.807, 2.05) is 12.1 Å². The molecule has 2 aliphatic rings. The number of aliphatic hydroxyl groups excluding tert-OH is 3.